The van der Waals surface area contributed by atoms with E-state index in [-0.39, 0.29) is 31.7 Å². The fourth-order valence-corrected chi connectivity index (χ4v) is 3.44. The first-order valence-corrected chi connectivity index (χ1v) is 8.21. The topological polar surface area (TPSA) is 49.9 Å². The van der Waals surface area contributed by atoms with Crippen LogP contribution in [0, 0.1) is 17.6 Å². The Morgan fingerprint density at radius 3 is 2.60 bits per heavy atom. The van der Waals surface area contributed by atoms with Crippen LogP contribution in [0.2, 0.25) is 0 Å². The smallest absolute Gasteiger partial charge is 0.252 e. The maximum Gasteiger partial charge on any atom is 0.252 e. The van der Waals surface area contributed by atoms with Crippen molar-refractivity contribution in [3.63, 3.8) is 0 Å². The van der Waals surface area contributed by atoms with Crippen molar-refractivity contribution in [1.82, 2.24) is 9.96 Å². The maximum absolute atomic E-state index is 14.4. The zero-order chi connectivity index (χ0) is 18.0. The number of likely N-dealkylation sites (tertiary alicyclic amines) is 1. The van der Waals surface area contributed by atoms with E-state index >= 15 is 0 Å². The predicted molar refractivity (Wildman–Crippen MR) is 82.0 cm³/mol. The van der Waals surface area contributed by atoms with E-state index in [0.717, 1.165) is 23.3 Å². The first-order valence-electron chi connectivity index (χ1n) is 8.21. The molecule has 5 nitrogen and oxygen atoms in total. The van der Waals surface area contributed by atoms with Crippen LogP contribution in [0.3, 0.4) is 0 Å². The van der Waals surface area contributed by atoms with Crippen molar-refractivity contribution in [2.45, 2.75) is 25.1 Å². The summed E-state index contributed by atoms with van der Waals surface area (Å²) in [6.07, 6.45) is -0.0733. The number of amides is 1. The largest absolute Gasteiger partial charge is 0.302 e. The molecule has 0 aromatic heterocycles. The first-order chi connectivity index (χ1) is 12.0. The molecule has 3 atom stereocenters. The highest BCUT2D eigenvalue weighted by Gasteiger charge is 2.41. The minimum Gasteiger partial charge on any atom is -0.302 e. The molecule has 0 spiro atoms. The molecule has 2 fully saturated rings. The highest BCUT2D eigenvalue weighted by Crippen LogP contribution is 2.34. The van der Waals surface area contributed by atoms with Gasteiger partial charge in [0.25, 0.3) is 5.91 Å². The summed E-state index contributed by atoms with van der Waals surface area (Å²) in [6.45, 7) is 0.785. The third-order valence-electron chi connectivity index (χ3n) is 4.67. The number of hydrogen-bond acceptors (Lipinski definition) is 4. The molecule has 0 unspecified atom stereocenters. The van der Waals surface area contributed by atoms with E-state index in [1.54, 1.807) is 4.90 Å². The molecule has 0 bridgehead atoms. The lowest BCUT2D eigenvalue weighted by atomic mass is 9.93. The van der Waals surface area contributed by atoms with Gasteiger partial charge in [0.1, 0.15) is 24.1 Å². The van der Waals surface area contributed by atoms with E-state index in [4.69, 9.17) is 4.84 Å². The molecule has 0 radical (unpaired) electrons. The van der Waals surface area contributed by atoms with Crippen LogP contribution in [0.4, 0.5) is 13.2 Å². The predicted octanol–water partition coefficient (Wildman–Crippen LogP) is 2.03. The lowest BCUT2D eigenvalue weighted by Gasteiger charge is -2.35. The summed E-state index contributed by atoms with van der Waals surface area (Å²) < 4.78 is 41.3. The summed E-state index contributed by atoms with van der Waals surface area (Å²) in [5.41, 5.74) is 0.289. The third kappa shape index (κ3) is 3.85. The molecule has 136 valence electrons. The fraction of sp³-hybridized carbons (Fsp3) is 0.529. The van der Waals surface area contributed by atoms with E-state index in [2.05, 4.69) is 0 Å². The first kappa shape index (κ1) is 17.9. The number of carbonyl (C=O) groups excluding carboxylic acids is 2. The number of carbonyl (C=O) groups is 2. The fourth-order valence-electron chi connectivity index (χ4n) is 3.44. The average molecular weight is 356 g/mol. The van der Waals surface area contributed by atoms with E-state index in [0.29, 0.717) is 19.3 Å². The molecular formula is C17H19F3N2O3. The van der Waals surface area contributed by atoms with Crippen LogP contribution in [0.25, 0.3) is 0 Å². The summed E-state index contributed by atoms with van der Waals surface area (Å²) in [4.78, 5) is 30.2. The Labute approximate surface area is 143 Å². The van der Waals surface area contributed by atoms with Crippen molar-refractivity contribution < 1.29 is 27.6 Å². The number of aldehydes is 1. The minimum atomic E-state index is -1.42. The van der Waals surface area contributed by atoms with Crippen molar-refractivity contribution in [2.75, 3.05) is 26.2 Å². The van der Waals surface area contributed by atoms with Gasteiger partial charge in [-0.05, 0) is 30.7 Å². The molecule has 2 aliphatic rings. The van der Waals surface area contributed by atoms with Crippen LogP contribution in [-0.4, -0.2) is 54.6 Å². The summed E-state index contributed by atoms with van der Waals surface area (Å²) in [5, 5.41) is 1.06. The highest BCUT2D eigenvalue weighted by atomic mass is 19.1. The number of hydroxylamine groups is 2. The number of hydrogen-bond donors (Lipinski definition) is 0. The van der Waals surface area contributed by atoms with Gasteiger partial charge < -0.3 is 4.79 Å². The third-order valence-corrected chi connectivity index (χ3v) is 4.67. The van der Waals surface area contributed by atoms with Crippen molar-refractivity contribution in [3.8, 4) is 0 Å². The normalized spacial score (nSPS) is 27.5. The van der Waals surface area contributed by atoms with Gasteiger partial charge in [-0.25, -0.2) is 18.2 Å². The summed E-state index contributed by atoms with van der Waals surface area (Å²) in [7, 11) is 0. The maximum atomic E-state index is 14.4. The number of nitrogens with zero attached hydrogens (tertiary/aromatic N) is 2. The van der Waals surface area contributed by atoms with Crippen LogP contribution in [0.5, 0.6) is 0 Å². The van der Waals surface area contributed by atoms with Gasteiger partial charge in [-0.15, -0.1) is 0 Å². The molecule has 0 N–H and O–H groups in total. The van der Waals surface area contributed by atoms with Crippen molar-refractivity contribution in [1.29, 1.82) is 0 Å². The Hall–Kier alpha value is -1.93. The second-order valence-electron chi connectivity index (χ2n) is 6.34. The number of benzene rings is 1. The van der Waals surface area contributed by atoms with Gasteiger partial charge >= 0.3 is 0 Å². The second-order valence-corrected chi connectivity index (χ2v) is 6.34. The molecule has 2 saturated heterocycles. The lowest BCUT2D eigenvalue weighted by Crippen LogP contribution is -2.48. The van der Waals surface area contributed by atoms with Gasteiger partial charge in [0, 0.05) is 19.0 Å². The van der Waals surface area contributed by atoms with Crippen LogP contribution < -0.4 is 0 Å². The van der Waals surface area contributed by atoms with Gasteiger partial charge in [-0.2, -0.15) is 0 Å². The molecule has 0 aliphatic carbocycles. The lowest BCUT2D eigenvalue weighted by molar-refractivity contribution is -0.185. The van der Waals surface area contributed by atoms with E-state index in [1.807, 2.05) is 0 Å². The van der Waals surface area contributed by atoms with Crippen LogP contribution >= 0.6 is 0 Å². The molecule has 2 aliphatic heterocycles. The van der Waals surface area contributed by atoms with Gasteiger partial charge in [0.15, 0.2) is 0 Å². The molecule has 2 heterocycles. The van der Waals surface area contributed by atoms with Gasteiger partial charge in [-0.1, -0.05) is 0 Å². The van der Waals surface area contributed by atoms with E-state index in [1.165, 1.54) is 0 Å². The molecule has 3 rings (SSSR count). The van der Waals surface area contributed by atoms with Crippen LogP contribution in [-0.2, 0) is 14.4 Å². The Kier molecular flexibility index (Phi) is 5.39. The molecule has 1 aromatic rings. The van der Waals surface area contributed by atoms with E-state index in [9.17, 15) is 22.8 Å². The Morgan fingerprint density at radius 1 is 1.24 bits per heavy atom. The molecule has 1 aromatic carbocycles. The SMILES string of the molecule is O=CCN1CC[C@H](C(=O)N2OCC[C@H]2c2cc(F)cc(F)c2)[C@H](F)C1. The quantitative estimate of drug-likeness (QED) is 0.775. The Morgan fingerprint density at radius 2 is 1.96 bits per heavy atom. The van der Waals surface area contributed by atoms with Gasteiger partial charge in [0.2, 0.25) is 0 Å². The Balaban J connectivity index is 1.74. The van der Waals surface area contributed by atoms with Crippen molar-refractivity contribution in [2.24, 2.45) is 5.92 Å². The standard InChI is InChI=1S/C17H19F3N2O3/c18-12-7-11(8-13(19)9-12)16-2-6-25-22(16)17(24)14-1-3-21(4-5-23)10-15(14)20/h5,7-9,14-16H,1-4,6,10H2/t14-,15+,16-/m0/s1. The van der Waals surface area contributed by atoms with Gasteiger partial charge in [-0.3, -0.25) is 14.5 Å². The minimum absolute atomic E-state index is 0.00223. The van der Waals surface area contributed by atoms with Crippen molar-refractivity contribution >= 4 is 12.2 Å². The number of rotatable bonds is 4. The number of alkyl halides is 1. The zero-order valence-corrected chi connectivity index (χ0v) is 13.5. The summed E-state index contributed by atoms with van der Waals surface area (Å²) in [5.74, 6) is -2.88. The number of piperidine rings is 1. The highest BCUT2D eigenvalue weighted by molar-refractivity contribution is 5.79. The molecule has 8 heteroatoms. The van der Waals surface area contributed by atoms with E-state index < -0.39 is 35.7 Å². The Bertz CT molecular complexity index is 638. The van der Waals surface area contributed by atoms with Crippen molar-refractivity contribution in [3.05, 3.63) is 35.4 Å². The second kappa shape index (κ2) is 7.53. The zero-order valence-electron chi connectivity index (χ0n) is 13.5. The molecule has 0 saturated carbocycles. The summed E-state index contributed by atoms with van der Waals surface area (Å²) in [6, 6.07) is 2.43. The number of halogens is 3. The van der Waals surface area contributed by atoms with Gasteiger partial charge in [0.05, 0.1) is 25.1 Å². The molecule has 1 amide bonds. The van der Waals surface area contributed by atoms with Crippen LogP contribution in [0.1, 0.15) is 24.4 Å². The van der Waals surface area contributed by atoms with Crippen LogP contribution in [0.15, 0.2) is 18.2 Å². The average Bonchev–Trinajstić information content (AvgIpc) is 3.03. The summed E-state index contributed by atoms with van der Waals surface area (Å²) >= 11 is 0. The molecular weight excluding hydrogens is 337 g/mol. The monoisotopic (exact) mass is 356 g/mol. The molecule has 25 heavy (non-hydrogen) atoms.